The molecule has 162 valence electrons. The molecule has 1 atom stereocenters. The van der Waals surface area contributed by atoms with Gasteiger partial charge in [-0.1, -0.05) is 53.5 Å². The van der Waals surface area contributed by atoms with Crippen LogP contribution in [0.5, 0.6) is 5.75 Å². The van der Waals surface area contributed by atoms with E-state index in [1.807, 2.05) is 18.2 Å². The molecule has 0 saturated heterocycles. The first-order chi connectivity index (χ1) is 15.0. The average molecular weight is 462 g/mol. The summed E-state index contributed by atoms with van der Waals surface area (Å²) in [7, 11) is 0. The maximum Gasteiger partial charge on any atom is 0.511 e. The van der Waals surface area contributed by atoms with E-state index in [-0.39, 0.29) is 12.9 Å². The van der Waals surface area contributed by atoms with Crippen LogP contribution in [0.15, 0.2) is 60.9 Å². The predicted octanol–water partition coefficient (Wildman–Crippen LogP) is 5.88. The van der Waals surface area contributed by atoms with Crippen molar-refractivity contribution < 1.29 is 19.0 Å². The van der Waals surface area contributed by atoms with Crippen molar-refractivity contribution in [3.05, 3.63) is 82.1 Å². The summed E-state index contributed by atoms with van der Waals surface area (Å²) in [6.07, 6.45) is 2.16. The van der Waals surface area contributed by atoms with Gasteiger partial charge in [0.05, 0.1) is 22.2 Å². The Morgan fingerprint density at radius 2 is 1.71 bits per heavy atom. The molecule has 3 aromatic rings. The summed E-state index contributed by atoms with van der Waals surface area (Å²) in [6, 6.07) is 13.9. The van der Waals surface area contributed by atoms with Crippen molar-refractivity contribution in [1.29, 1.82) is 0 Å². The molecule has 2 aromatic carbocycles. The second kappa shape index (κ2) is 10.8. The second-order valence-electron chi connectivity index (χ2n) is 6.65. The minimum absolute atomic E-state index is 0.288. The van der Waals surface area contributed by atoms with Crippen molar-refractivity contribution in [3.8, 4) is 5.75 Å². The number of ether oxygens (including phenoxy) is 3. The van der Waals surface area contributed by atoms with Crippen LogP contribution in [0.1, 0.15) is 31.0 Å². The van der Waals surface area contributed by atoms with Gasteiger partial charge < -0.3 is 19.5 Å². The first-order valence-electron chi connectivity index (χ1n) is 9.48. The molecule has 31 heavy (non-hydrogen) atoms. The van der Waals surface area contributed by atoms with Gasteiger partial charge in [-0.05, 0) is 37.6 Å². The molecule has 0 aliphatic heterocycles. The van der Waals surface area contributed by atoms with Gasteiger partial charge in [-0.3, -0.25) is 0 Å². The van der Waals surface area contributed by atoms with E-state index in [0.717, 1.165) is 5.56 Å². The zero-order valence-corrected chi connectivity index (χ0v) is 18.4. The Balaban J connectivity index is 1.90. The smallest absolute Gasteiger partial charge is 0.457 e. The van der Waals surface area contributed by atoms with Crippen LogP contribution in [0.25, 0.3) is 0 Å². The van der Waals surface area contributed by atoms with E-state index in [4.69, 9.17) is 37.4 Å². The third-order valence-corrected chi connectivity index (χ3v) is 4.92. The van der Waals surface area contributed by atoms with E-state index in [1.54, 1.807) is 56.6 Å². The Morgan fingerprint density at radius 1 is 1.00 bits per heavy atom. The fourth-order valence-corrected chi connectivity index (χ4v) is 3.20. The number of aromatic nitrogens is 2. The summed E-state index contributed by atoms with van der Waals surface area (Å²) < 4.78 is 15.6. The number of carbonyl (C=O) groups excluding carboxylic acids is 1. The van der Waals surface area contributed by atoms with E-state index in [9.17, 15) is 4.79 Å². The number of anilines is 1. The number of para-hydroxylation sites is 1. The molecule has 0 radical (unpaired) electrons. The standard InChI is InChI=1S/C22H21Cl2N3O4/c1-14(2)31-22(28)30-13-29-18-10-4-3-7-15(18)20(27-21-25-11-6-12-26-21)16-8-5-9-17(23)19(16)24/h3-12,14,20H,13H2,1-2H3,(H,25,26,27). The largest absolute Gasteiger partial charge is 0.511 e. The van der Waals surface area contributed by atoms with Gasteiger partial charge in [0, 0.05) is 18.0 Å². The fraction of sp³-hybridized carbons (Fsp3) is 0.227. The van der Waals surface area contributed by atoms with E-state index in [0.29, 0.717) is 27.3 Å². The van der Waals surface area contributed by atoms with Gasteiger partial charge in [-0.25, -0.2) is 14.8 Å². The molecule has 0 amide bonds. The summed E-state index contributed by atoms with van der Waals surface area (Å²) >= 11 is 12.8. The number of rotatable bonds is 8. The zero-order valence-electron chi connectivity index (χ0n) is 16.9. The van der Waals surface area contributed by atoms with Gasteiger partial charge in [0.25, 0.3) is 0 Å². The highest BCUT2D eigenvalue weighted by Gasteiger charge is 2.23. The Labute approximate surface area is 190 Å². The SMILES string of the molecule is CC(C)OC(=O)OCOc1ccccc1C(Nc1ncccn1)c1cccc(Cl)c1Cl. The summed E-state index contributed by atoms with van der Waals surface area (Å²) in [5.41, 5.74) is 1.43. The van der Waals surface area contributed by atoms with E-state index < -0.39 is 12.2 Å². The molecule has 1 heterocycles. The normalized spacial score (nSPS) is 11.6. The molecular weight excluding hydrogens is 441 g/mol. The number of halogens is 2. The highest BCUT2D eigenvalue weighted by molar-refractivity contribution is 6.42. The Kier molecular flexibility index (Phi) is 7.92. The molecule has 7 nitrogen and oxygen atoms in total. The van der Waals surface area contributed by atoms with Gasteiger partial charge >= 0.3 is 6.16 Å². The van der Waals surface area contributed by atoms with E-state index in [1.165, 1.54) is 0 Å². The van der Waals surface area contributed by atoms with Crippen LogP contribution in [0, 0.1) is 0 Å². The zero-order chi connectivity index (χ0) is 22.2. The number of nitrogens with one attached hydrogen (secondary N) is 1. The number of carbonyl (C=O) groups is 1. The molecule has 0 aliphatic carbocycles. The predicted molar refractivity (Wildman–Crippen MR) is 119 cm³/mol. The van der Waals surface area contributed by atoms with Crippen LogP contribution in [0.4, 0.5) is 10.7 Å². The number of nitrogens with zero attached hydrogens (tertiary/aromatic N) is 2. The second-order valence-corrected chi connectivity index (χ2v) is 7.44. The van der Waals surface area contributed by atoms with Gasteiger partial charge in [0.1, 0.15) is 5.75 Å². The molecule has 0 saturated carbocycles. The molecule has 0 aliphatic rings. The molecular formula is C22H21Cl2N3O4. The molecule has 1 unspecified atom stereocenters. The van der Waals surface area contributed by atoms with Crippen LogP contribution < -0.4 is 10.1 Å². The van der Waals surface area contributed by atoms with Crippen LogP contribution in [0.2, 0.25) is 10.0 Å². The lowest BCUT2D eigenvalue weighted by Crippen LogP contribution is -2.18. The first kappa shape index (κ1) is 22.7. The third kappa shape index (κ3) is 6.23. The van der Waals surface area contributed by atoms with E-state index in [2.05, 4.69) is 15.3 Å². The molecule has 0 spiro atoms. The fourth-order valence-electron chi connectivity index (χ4n) is 2.79. The Bertz CT molecular complexity index is 1020. The lowest BCUT2D eigenvalue weighted by atomic mass is 9.97. The number of hydrogen-bond acceptors (Lipinski definition) is 7. The highest BCUT2D eigenvalue weighted by atomic mass is 35.5. The van der Waals surface area contributed by atoms with Crippen molar-refractivity contribution in [2.75, 3.05) is 12.1 Å². The minimum Gasteiger partial charge on any atom is -0.457 e. The Morgan fingerprint density at radius 3 is 2.45 bits per heavy atom. The molecule has 1 N–H and O–H groups in total. The third-order valence-electron chi connectivity index (χ3n) is 4.08. The minimum atomic E-state index is -0.808. The average Bonchev–Trinajstić information content (AvgIpc) is 2.75. The van der Waals surface area contributed by atoms with Crippen LogP contribution in [-0.2, 0) is 9.47 Å². The monoisotopic (exact) mass is 461 g/mol. The lowest BCUT2D eigenvalue weighted by molar-refractivity contribution is -0.00845. The van der Waals surface area contributed by atoms with Gasteiger partial charge in [-0.2, -0.15) is 0 Å². The van der Waals surface area contributed by atoms with Crippen molar-refractivity contribution in [2.24, 2.45) is 0 Å². The van der Waals surface area contributed by atoms with Crippen LogP contribution >= 0.6 is 23.2 Å². The highest BCUT2D eigenvalue weighted by Crippen LogP contribution is 2.38. The maximum absolute atomic E-state index is 11.6. The maximum atomic E-state index is 11.6. The van der Waals surface area contributed by atoms with E-state index >= 15 is 0 Å². The van der Waals surface area contributed by atoms with Crippen LogP contribution in [-0.4, -0.2) is 29.0 Å². The molecule has 9 heteroatoms. The number of hydrogen-bond donors (Lipinski definition) is 1. The van der Waals surface area contributed by atoms with Gasteiger partial charge in [-0.15, -0.1) is 0 Å². The molecule has 3 rings (SSSR count). The van der Waals surface area contributed by atoms with Gasteiger partial charge in [0.2, 0.25) is 12.7 Å². The molecule has 1 aromatic heterocycles. The first-order valence-corrected chi connectivity index (χ1v) is 10.2. The number of benzene rings is 2. The summed E-state index contributed by atoms with van der Waals surface area (Å²) in [4.78, 5) is 20.1. The summed E-state index contributed by atoms with van der Waals surface area (Å²) in [5.74, 6) is 0.874. The van der Waals surface area contributed by atoms with Crippen LogP contribution in [0.3, 0.4) is 0 Å². The van der Waals surface area contributed by atoms with Crippen molar-refractivity contribution in [3.63, 3.8) is 0 Å². The summed E-state index contributed by atoms with van der Waals surface area (Å²) in [5, 5.41) is 4.08. The van der Waals surface area contributed by atoms with Crippen molar-refractivity contribution in [2.45, 2.75) is 26.0 Å². The van der Waals surface area contributed by atoms with Crippen molar-refractivity contribution >= 4 is 35.3 Å². The topological polar surface area (TPSA) is 82.6 Å². The van der Waals surface area contributed by atoms with Crippen molar-refractivity contribution in [1.82, 2.24) is 9.97 Å². The lowest BCUT2D eigenvalue weighted by Gasteiger charge is -2.23. The molecule has 0 bridgehead atoms. The quantitative estimate of drug-likeness (QED) is 0.331. The summed E-state index contributed by atoms with van der Waals surface area (Å²) in [6.45, 7) is 3.14. The molecule has 0 fully saturated rings. The Hall–Kier alpha value is -3.03. The van der Waals surface area contributed by atoms with Gasteiger partial charge in [0.15, 0.2) is 0 Å².